The number of nitrogens with zero attached hydrogens (tertiary/aromatic N) is 2. The molecule has 0 spiro atoms. The Morgan fingerprint density at radius 2 is 2.39 bits per heavy atom. The van der Waals surface area contributed by atoms with Crippen molar-refractivity contribution in [2.45, 2.75) is 19.4 Å². The molecule has 0 saturated heterocycles. The van der Waals surface area contributed by atoms with Gasteiger partial charge in [0.25, 0.3) is 0 Å². The van der Waals surface area contributed by atoms with E-state index >= 15 is 0 Å². The van der Waals surface area contributed by atoms with Crippen molar-refractivity contribution in [3.8, 4) is 6.07 Å². The van der Waals surface area contributed by atoms with Gasteiger partial charge in [0.2, 0.25) is 0 Å². The number of nitriles is 1. The first-order chi connectivity index (χ1) is 8.74. The Morgan fingerprint density at radius 1 is 1.56 bits per heavy atom. The Morgan fingerprint density at radius 3 is 3.00 bits per heavy atom. The van der Waals surface area contributed by atoms with Gasteiger partial charge in [-0.2, -0.15) is 5.26 Å². The number of hydrogen-bond acceptors (Lipinski definition) is 3. The van der Waals surface area contributed by atoms with E-state index in [1.54, 1.807) is 18.5 Å². The molecular formula is C13H13BrN4. The molecule has 18 heavy (non-hydrogen) atoms. The van der Waals surface area contributed by atoms with Gasteiger partial charge in [-0.15, -0.1) is 0 Å². The second-order valence-electron chi connectivity index (χ2n) is 3.88. The Bertz CT molecular complexity index is 557. The SMILES string of the molecule is CCC(Nc1ccc(Br)cc1C#N)c1ncc[nH]1. The number of benzene rings is 1. The van der Waals surface area contributed by atoms with Crippen LogP contribution in [0.2, 0.25) is 0 Å². The number of halogens is 1. The van der Waals surface area contributed by atoms with E-state index in [0.29, 0.717) is 5.56 Å². The molecule has 2 aromatic rings. The van der Waals surface area contributed by atoms with E-state index in [0.717, 1.165) is 22.4 Å². The summed E-state index contributed by atoms with van der Waals surface area (Å²) in [6.45, 7) is 2.07. The van der Waals surface area contributed by atoms with E-state index in [4.69, 9.17) is 5.26 Å². The quantitative estimate of drug-likeness (QED) is 0.907. The highest BCUT2D eigenvalue weighted by atomic mass is 79.9. The second-order valence-corrected chi connectivity index (χ2v) is 4.80. The molecule has 1 heterocycles. The highest BCUT2D eigenvalue weighted by Gasteiger charge is 2.13. The van der Waals surface area contributed by atoms with Crippen LogP contribution in [-0.4, -0.2) is 9.97 Å². The monoisotopic (exact) mass is 304 g/mol. The highest BCUT2D eigenvalue weighted by molar-refractivity contribution is 9.10. The van der Waals surface area contributed by atoms with Crippen LogP contribution in [0.15, 0.2) is 35.1 Å². The van der Waals surface area contributed by atoms with Crippen LogP contribution in [0.3, 0.4) is 0 Å². The van der Waals surface area contributed by atoms with Crippen molar-refractivity contribution in [1.29, 1.82) is 5.26 Å². The van der Waals surface area contributed by atoms with Gasteiger partial charge in [-0.25, -0.2) is 4.98 Å². The smallest absolute Gasteiger partial charge is 0.128 e. The highest BCUT2D eigenvalue weighted by Crippen LogP contribution is 2.25. The molecule has 92 valence electrons. The van der Waals surface area contributed by atoms with Gasteiger partial charge in [-0.3, -0.25) is 0 Å². The standard InChI is InChI=1S/C13H13BrN4/c1-2-11(13-16-5-6-17-13)18-12-4-3-10(14)7-9(12)8-15/h3-7,11,18H,2H2,1H3,(H,16,17). The number of H-pyrrole nitrogens is 1. The molecule has 2 N–H and O–H groups in total. The topological polar surface area (TPSA) is 64.5 Å². The fourth-order valence-corrected chi connectivity index (χ4v) is 2.12. The zero-order valence-electron chi connectivity index (χ0n) is 9.94. The Labute approximate surface area is 114 Å². The summed E-state index contributed by atoms with van der Waals surface area (Å²) in [7, 11) is 0. The summed E-state index contributed by atoms with van der Waals surface area (Å²) in [4.78, 5) is 7.34. The molecule has 1 aromatic carbocycles. The van der Waals surface area contributed by atoms with Gasteiger partial charge >= 0.3 is 0 Å². The van der Waals surface area contributed by atoms with E-state index in [1.165, 1.54) is 0 Å². The minimum absolute atomic E-state index is 0.0771. The predicted octanol–water partition coefficient (Wildman–Crippen LogP) is 3.61. The lowest BCUT2D eigenvalue weighted by atomic mass is 10.1. The second kappa shape index (κ2) is 5.69. The third-order valence-electron chi connectivity index (χ3n) is 2.69. The van der Waals surface area contributed by atoms with Crippen LogP contribution in [0.25, 0.3) is 0 Å². The summed E-state index contributed by atoms with van der Waals surface area (Å²) in [5, 5.41) is 12.5. The molecular weight excluding hydrogens is 292 g/mol. The summed E-state index contributed by atoms with van der Waals surface area (Å²) < 4.78 is 0.899. The van der Waals surface area contributed by atoms with Crippen molar-refractivity contribution in [2.24, 2.45) is 0 Å². The van der Waals surface area contributed by atoms with Crippen molar-refractivity contribution >= 4 is 21.6 Å². The molecule has 0 amide bonds. The Balaban J connectivity index is 2.25. The van der Waals surface area contributed by atoms with Crippen LogP contribution in [0.4, 0.5) is 5.69 Å². The first kappa shape index (κ1) is 12.7. The van der Waals surface area contributed by atoms with Gasteiger partial charge in [-0.1, -0.05) is 22.9 Å². The van der Waals surface area contributed by atoms with Crippen molar-refractivity contribution in [3.05, 3.63) is 46.5 Å². The number of nitrogens with one attached hydrogen (secondary N) is 2. The number of aromatic amines is 1. The molecule has 1 atom stereocenters. The van der Waals surface area contributed by atoms with Crippen LogP contribution in [0.1, 0.15) is 30.8 Å². The molecule has 0 fully saturated rings. The van der Waals surface area contributed by atoms with E-state index in [2.05, 4.69) is 44.2 Å². The van der Waals surface area contributed by atoms with Crippen molar-refractivity contribution < 1.29 is 0 Å². The zero-order valence-corrected chi connectivity index (χ0v) is 11.5. The molecule has 0 aliphatic rings. The van der Waals surface area contributed by atoms with Crippen molar-refractivity contribution in [2.75, 3.05) is 5.32 Å². The molecule has 0 saturated carbocycles. The van der Waals surface area contributed by atoms with E-state index < -0.39 is 0 Å². The third-order valence-corrected chi connectivity index (χ3v) is 3.18. The van der Waals surface area contributed by atoms with E-state index in [9.17, 15) is 0 Å². The molecule has 0 aliphatic carbocycles. The summed E-state index contributed by atoms with van der Waals surface area (Å²) in [6, 6.07) is 7.88. The first-order valence-corrected chi connectivity index (χ1v) is 6.49. The maximum atomic E-state index is 9.12. The van der Waals surface area contributed by atoms with Gasteiger partial charge in [0, 0.05) is 16.9 Å². The molecule has 0 bridgehead atoms. The van der Waals surface area contributed by atoms with Crippen molar-refractivity contribution in [1.82, 2.24) is 9.97 Å². The predicted molar refractivity (Wildman–Crippen MR) is 74.1 cm³/mol. The number of rotatable bonds is 4. The molecule has 2 rings (SSSR count). The van der Waals surface area contributed by atoms with Gasteiger partial charge in [0.05, 0.1) is 17.3 Å². The van der Waals surface area contributed by atoms with E-state index in [1.807, 2.05) is 12.1 Å². The average molecular weight is 305 g/mol. The third kappa shape index (κ3) is 2.71. The van der Waals surface area contributed by atoms with Crippen LogP contribution in [-0.2, 0) is 0 Å². The van der Waals surface area contributed by atoms with Gasteiger partial charge in [0.1, 0.15) is 11.9 Å². The first-order valence-electron chi connectivity index (χ1n) is 5.70. The normalized spacial score (nSPS) is 11.8. The molecule has 0 aliphatic heterocycles. The summed E-state index contributed by atoms with van der Waals surface area (Å²) in [6.07, 6.45) is 4.41. The molecule has 1 aromatic heterocycles. The lowest BCUT2D eigenvalue weighted by Crippen LogP contribution is -2.12. The average Bonchev–Trinajstić information content (AvgIpc) is 2.91. The van der Waals surface area contributed by atoms with Gasteiger partial charge in [0.15, 0.2) is 0 Å². The maximum Gasteiger partial charge on any atom is 0.128 e. The zero-order chi connectivity index (χ0) is 13.0. The minimum atomic E-state index is 0.0771. The minimum Gasteiger partial charge on any atom is -0.374 e. The summed E-state index contributed by atoms with van der Waals surface area (Å²) in [5.41, 5.74) is 1.44. The molecule has 0 radical (unpaired) electrons. The fraction of sp³-hybridized carbons (Fsp3) is 0.231. The van der Waals surface area contributed by atoms with Crippen LogP contribution in [0, 0.1) is 11.3 Å². The molecule has 1 unspecified atom stereocenters. The van der Waals surface area contributed by atoms with Crippen LogP contribution < -0.4 is 5.32 Å². The number of anilines is 1. The molecule has 4 nitrogen and oxygen atoms in total. The Hall–Kier alpha value is -1.80. The van der Waals surface area contributed by atoms with Crippen molar-refractivity contribution in [3.63, 3.8) is 0 Å². The fourth-order valence-electron chi connectivity index (χ4n) is 1.75. The lowest BCUT2D eigenvalue weighted by Gasteiger charge is -2.17. The largest absolute Gasteiger partial charge is 0.374 e. The maximum absolute atomic E-state index is 9.12. The van der Waals surface area contributed by atoms with E-state index in [-0.39, 0.29) is 6.04 Å². The summed E-state index contributed by atoms with van der Waals surface area (Å²) in [5.74, 6) is 0.879. The Kier molecular flexibility index (Phi) is 4.00. The molecule has 5 heteroatoms. The number of imidazole rings is 1. The van der Waals surface area contributed by atoms with Gasteiger partial charge in [-0.05, 0) is 24.6 Å². The number of hydrogen-bond donors (Lipinski definition) is 2. The lowest BCUT2D eigenvalue weighted by molar-refractivity contribution is 0.704. The van der Waals surface area contributed by atoms with Gasteiger partial charge < -0.3 is 10.3 Å². The summed E-state index contributed by atoms with van der Waals surface area (Å²) >= 11 is 3.36. The van der Waals surface area contributed by atoms with Crippen LogP contribution in [0.5, 0.6) is 0 Å². The number of aromatic nitrogens is 2. The van der Waals surface area contributed by atoms with Crippen LogP contribution >= 0.6 is 15.9 Å².